The van der Waals surface area contributed by atoms with Crippen LogP contribution >= 0.6 is 0 Å². The van der Waals surface area contributed by atoms with E-state index in [4.69, 9.17) is 5.11 Å². The number of anilines is 1. The van der Waals surface area contributed by atoms with Crippen molar-refractivity contribution in [2.45, 2.75) is 19.9 Å². The number of rotatable bonds is 5. The molecule has 3 N–H and O–H groups in total. The number of nitrogens with zero attached hydrogens (tertiary/aromatic N) is 2. The number of nitrogens with one attached hydrogen (secondary N) is 2. The van der Waals surface area contributed by atoms with Gasteiger partial charge in [-0.05, 0) is 13.0 Å². The molecule has 2 aromatic heterocycles. The third-order valence-electron chi connectivity index (χ3n) is 2.60. The third kappa shape index (κ3) is 3.21. The molecule has 0 fully saturated rings. The Morgan fingerprint density at radius 3 is 2.95 bits per heavy atom. The molecule has 2 heterocycles. The van der Waals surface area contributed by atoms with Gasteiger partial charge < -0.3 is 20.0 Å². The number of imidazole rings is 1. The maximum atomic E-state index is 11.7. The smallest absolute Gasteiger partial charge is 0.354 e. The first-order chi connectivity index (χ1) is 9.06. The SMILES string of the molecule is Cc1cc(NC(=O)CCn2ccnc2)c(C(=O)O)[nH]1. The molecule has 0 bridgehead atoms. The molecule has 0 spiro atoms. The molecular formula is C12H14N4O3. The molecule has 0 radical (unpaired) electrons. The molecule has 0 saturated carbocycles. The predicted octanol–water partition coefficient (Wildman–Crippen LogP) is 1.25. The number of aryl methyl sites for hydroxylation is 2. The Bertz CT molecular complexity index is 586. The molecule has 0 atom stereocenters. The topological polar surface area (TPSA) is 100 Å². The van der Waals surface area contributed by atoms with Crippen LogP contribution in [0.4, 0.5) is 5.69 Å². The Labute approximate surface area is 109 Å². The third-order valence-corrected chi connectivity index (χ3v) is 2.60. The normalized spacial score (nSPS) is 10.4. The van der Waals surface area contributed by atoms with Crippen LogP contribution in [-0.4, -0.2) is 31.5 Å². The number of aromatic nitrogens is 3. The van der Waals surface area contributed by atoms with E-state index in [1.165, 1.54) is 0 Å². The quantitative estimate of drug-likeness (QED) is 0.754. The fourth-order valence-corrected chi connectivity index (χ4v) is 1.72. The number of carbonyl (C=O) groups excluding carboxylic acids is 1. The summed E-state index contributed by atoms with van der Waals surface area (Å²) < 4.78 is 1.78. The van der Waals surface area contributed by atoms with E-state index in [1.807, 2.05) is 0 Å². The van der Waals surface area contributed by atoms with Gasteiger partial charge in [0.15, 0.2) is 0 Å². The number of carboxylic acids is 1. The molecule has 0 aliphatic heterocycles. The minimum absolute atomic E-state index is 0.00604. The van der Waals surface area contributed by atoms with Gasteiger partial charge in [0, 0.05) is 31.1 Å². The van der Waals surface area contributed by atoms with Crippen LogP contribution in [0.3, 0.4) is 0 Å². The number of carboxylic acid groups (broad SMARTS) is 1. The van der Waals surface area contributed by atoms with Gasteiger partial charge in [-0.25, -0.2) is 9.78 Å². The van der Waals surface area contributed by atoms with Gasteiger partial charge in [0.2, 0.25) is 5.91 Å². The molecule has 19 heavy (non-hydrogen) atoms. The van der Waals surface area contributed by atoms with Crippen molar-refractivity contribution in [3.05, 3.63) is 36.2 Å². The Hall–Kier alpha value is -2.57. The van der Waals surface area contributed by atoms with Crippen molar-refractivity contribution in [2.75, 3.05) is 5.32 Å². The Balaban J connectivity index is 1.97. The molecule has 100 valence electrons. The zero-order chi connectivity index (χ0) is 13.8. The molecule has 7 heteroatoms. The lowest BCUT2D eigenvalue weighted by Gasteiger charge is -2.05. The number of H-pyrrole nitrogens is 1. The van der Waals surface area contributed by atoms with Crippen molar-refractivity contribution in [1.82, 2.24) is 14.5 Å². The zero-order valence-electron chi connectivity index (χ0n) is 10.4. The highest BCUT2D eigenvalue weighted by Crippen LogP contribution is 2.17. The number of aromatic carboxylic acids is 1. The monoisotopic (exact) mass is 262 g/mol. The fraction of sp³-hybridized carbons (Fsp3) is 0.250. The minimum atomic E-state index is -1.10. The van der Waals surface area contributed by atoms with Gasteiger partial charge >= 0.3 is 5.97 Å². The first-order valence-electron chi connectivity index (χ1n) is 5.75. The lowest BCUT2D eigenvalue weighted by Crippen LogP contribution is -2.15. The second-order valence-electron chi connectivity index (χ2n) is 4.14. The van der Waals surface area contributed by atoms with E-state index in [1.54, 1.807) is 36.3 Å². The summed E-state index contributed by atoms with van der Waals surface area (Å²) >= 11 is 0. The molecule has 0 aromatic carbocycles. The Kier molecular flexibility index (Phi) is 3.65. The van der Waals surface area contributed by atoms with Crippen LogP contribution in [0, 0.1) is 6.92 Å². The van der Waals surface area contributed by atoms with Gasteiger partial charge in [0.1, 0.15) is 5.69 Å². The molecule has 2 aromatic rings. The van der Waals surface area contributed by atoms with Crippen LogP contribution in [0.25, 0.3) is 0 Å². The number of hydrogen-bond donors (Lipinski definition) is 3. The second-order valence-corrected chi connectivity index (χ2v) is 4.14. The summed E-state index contributed by atoms with van der Waals surface area (Å²) in [6.07, 6.45) is 5.27. The van der Waals surface area contributed by atoms with Gasteiger partial charge in [0.05, 0.1) is 12.0 Å². The molecule has 0 unspecified atom stereocenters. The Morgan fingerprint density at radius 1 is 1.53 bits per heavy atom. The molecule has 0 aliphatic rings. The van der Waals surface area contributed by atoms with Crippen molar-refractivity contribution in [3.63, 3.8) is 0 Å². The maximum absolute atomic E-state index is 11.7. The maximum Gasteiger partial charge on any atom is 0.354 e. The average molecular weight is 262 g/mol. The zero-order valence-corrected chi connectivity index (χ0v) is 10.4. The van der Waals surface area contributed by atoms with Crippen molar-refractivity contribution < 1.29 is 14.7 Å². The van der Waals surface area contributed by atoms with Crippen LogP contribution in [0.2, 0.25) is 0 Å². The number of carbonyl (C=O) groups is 2. The van der Waals surface area contributed by atoms with Gasteiger partial charge in [-0.15, -0.1) is 0 Å². The van der Waals surface area contributed by atoms with Crippen LogP contribution in [0.5, 0.6) is 0 Å². The number of amides is 1. The highest BCUT2D eigenvalue weighted by atomic mass is 16.4. The van der Waals surface area contributed by atoms with Crippen LogP contribution in [0.1, 0.15) is 22.6 Å². The lowest BCUT2D eigenvalue weighted by atomic mass is 10.3. The predicted molar refractivity (Wildman–Crippen MR) is 68.0 cm³/mol. The standard InChI is InChI=1S/C12H14N4O3/c1-8-6-9(11(14-8)12(18)19)15-10(17)2-4-16-5-3-13-7-16/h3,5-7,14H,2,4H2,1H3,(H,15,17)(H,18,19). The minimum Gasteiger partial charge on any atom is -0.477 e. The summed E-state index contributed by atoms with van der Waals surface area (Å²) in [4.78, 5) is 29.3. The van der Waals surface area contributed by atoms with Crippen LogP contribution < -0.4 is 5.32 Å². The van der Waals surface area contributed by atoms with Crippen molar-refractivity contribution in [1.29, 1.82) is 0 Å². The number of hydrogen-bond acceptors (Lipinski definition) is 3. The van der Waals surface area contributed by atoms with Crippen molar-refractivity contribution in [3.8, 4) is 0 Å². The molecular weight excluding hydrogens is 248 g/mol. The van der Waals surface area contributed by atoms with Crippen LogP contribution in [-0.2, 0) is 11.3 Å². The van der Waals surface area contributed by atoms with E-state index in [0.29, 0.717) is 17.9 Å². The van der Waals surface area contributed by atoms with Crippen molar-refractivity contribution in [2.24, 2.45) is 0 Å². The van der Waals surface area contributed by atoms with Gasteiger partial charge in [-0.1, -0.05) is 0 Å². The summed E-state index contributed by atoms with van der Waals surface area (Å²) in [6, 6.07) is 1.60. The highest BCUT2D eigenvalue weighted by Gasteiger charge is 2.15. The summed E-state index contributed by atoms with van der Waals surface area (Å²) in [5.74, 6) is -1.34. The van der Waals surface area contributed by atoms with E-state index in [-0.39, 0.29) is 18.0 Å². The molecule has 1 amide bonds. The van der Waals surface area contributed by atoms with Gasteiger partial charge in [-0.3, -0.25) is 4.79 Å². The lowest BCUT2D eigenvalue weighted by molar-refractivity contribution is -0.116. The molecule has 0 saturated heterocycles. The summed E-state index contributed by atoms with van der Waals surface area (Å²) in [5.41, 5.74) is 0.969. The highest BCUT2D eigenvalue weighted by molar-refractivity contribution is 5.99. The van der Waals surface area contributed by atoms with Crippen LogP contribution in [0.15, 0.2) is 24.8 Å². The molecule has 0 aliphatic carbocycles. The van der Waals surface area contributed by atoms with Crippen molar-refractivity contribution >= 4 is 17.6 Å². The second kappa shape index (κ2) is 5.38. The molecule has 2 rings (SSSR count). The first-order valence-corrected chi connectivity index (χ1v) is 5.75. The summed E-state index contributed by atoms with van der Waals surface area (Å²) in [7, 11) is 0. The summed E-state index contributed by atoms with van der Waals surface area (Å²) in [6.45, 7) is 2.23. The van der Waals surface area contributed by atoms with E-state index in [9.17, 15) is 9.59 Å². The van der Waals surface area contributed by atoms with E-state index < -0.39 is 5.97 Å². The van der Waals surface area contributed by atoms with E-state index >= 15 is 0 Å². The Morgan fingerprint density at radius 2 is 2.32 bits per heavy atom. The van der Waals surface area contributed by atoms with Gasteiger partial charge in [-0.2, -0.15) is 0 Å². The van der Waals surface area contributed by atoms with E-state index in [0.717, 1.165) is 0 Å². The number of aromatic amines is 1. The summed E-state index contributed by atoms with van der Waals surface area (Å²) in [5, 5.41) is 11.6. The van der Waals surface area contributed by atoms with E-state index in [2.05, 4.69) is 15.3 Å². The molecule has 7 nitrogen and oxygen atoms in total. The average Bonchev–Trinajstić information content (AvgIpc) is 2.96. The first kappa shape index (κ1) is 12.9. The van der Waals surface area contributed by atoms with Gasteiger partial charge in [0.25, 0.3) is 0 Å². The fourth-order valence-electron chi connectivity index (χ4n) is 1.72. The largest absolute Gasteiger partial charge is 0.477 e.